The molecule has 1 aromatic carbocycles. The van der Waals surface area contributed by atoms with Crippen molar-refractivity contribution in [2.45, 2.75) is 20.3 Å². The van der Waals surface area contributed by atoms with Crippen molar-refractivity contribution in [1.82, 2.24) is 0 Å². The van der Waals surface area contributed by atoms with Crippen LogP contribution in [0, 0.1) is 0 Å². The highest BCUT2D eigenvalue weighted by Gasteiger charge is 2.16. The Labute approximate surface area is 112 Å². The molecule has 1 aromatic rings. The summed E-state index contributed by atoms with van der Waals surface area (Å²) in [5.74, 6) is -0.845. The van der Waals surface area contributed by atoms with Gasteiger partial charge in [0.25, 0.3) is 0 Å². The number of rotatable bonds is 3. The molecule has 0 N–H and O–H groups in total. The van der Waals surface area contributed by atoms with Crippen molar-refractivity contribution in [2.24, 2.45) is 0 Å². The zero-order valence-electron chi connectivity index (χ0n) is 11.6. The standard InChI is InChI=1S/C10H10O4.C4H8O/c1-13-9(11)7-5-3-4-6-8(7)10(12)14-2;1-3-4(2)5/h3-6H,1-2H3;3H2,1-2H3. The molecule has 0 heterocycles. The molecule has 0 atom stereocenters. The Morgan fingerprint density at radius 2 is 1.26 bits per heavy atom. The first-order valence-electron chi connectivity index (χ1n) is 5.73. The van der Waals surface area contributed by atoms with Crippen LogP contribution in [-0.4, -0.2) is 31.9 Å². The maximum absolute atomic E-state index is 11.2. The van der Waals surface area contributed by atoms with Crippen molar-refractivity contribution in [3.05, 3.63) is 35.4 Å². The van der Waals surface area contributed by atoms with Crippen molar-refractivity contribution < 1.29 is 23.9 Å². The van der Waals surface area contributed by atoms with Gasteiger partial charge in [0.15, 0.2) is 0 Å². The van der Waals surface area contributed by atoms with Gasteiger partial charge in [-0.15, -0.1) is 0 Å². The molecule has 104 valence electrons. The van der Waals surface area contributed by atoms with Crippen LogP contribution < -0.4 is 0 Å². The second kappa shape index (κ2) is 8.85. The Morgan fingerprint density at radius 1 is 0.947 bits per heavy atom. The fourth-order valence-electron chi connectivity index (χ4n) is 1.06. The van der Waals surface area contributed by atoms with Crippen molar-refractivity contribution >= 4 is 17.7 Å². The lowest BCUT2D eigenvalue weighted by Crippen LogP contribution is -2.11. The molecule has 0 saturated carbocycles. The third-order valence-corrected chi connectivity index (χ3v) is 2.24. The highest BCUT2D eigenvalue weighted by atomic mass is 16.5. The number of ether oxygens (including phenoxy) is 2. The van der Waals surface area contributed by atoms with Gasteiger partial charge in [0.1, 0.15) is 5.78 Å². The van der Waals surface area contributed by atoms with E-state index in [2.05, 4.69) is 9.47 Å². The van der Waals surface area contributed by atoms with E-state index in [1.54, 1.807) is 19.1 Å². The Hall–Kier alpha value is -2.17. The monoisotopic (exact) mass is 266 g/mol. The molecule has 5 heteroatoms. The normalized spacial score (nSPS) is 8.84. The van der Waals surface area contributed by atoms with Gasteiger partial charge in [0, 0.05) is 6.42 Å². The van der Waals surface area contributed by atoms with Crippen LogP contribution in [0.25, 0.3) is 0 Å². The number of ketones is 1. The minimum Gasteiger partial charge on any atom is -0.465 e. The summed E-state index contributed by atoms with van der Waals surface area (Å²) in [5, 5.41) is 0. The molecule has 5 nitrogen and oxygen atoms in total. The van der Waals surface area contributed by atoms with E-state index in [1.165, 1.54) is 26.4 Å². The second-order valence-corrected chi connectivity index (χ2v) is 3.58. The number of carbonyl (C=O) groups is 3. The molecule has 0 fully saturated rings. The Balaban J connectivity index is 0.000000555. The highest BCUT2D eigenvalue weighted by Crippen LogP contribution is 2.10. The van der Waals surface area contributed by atoms with E-state index in [0.717, 1.165) is 0 Å². The molecule has 0 aliphatic rings. The van der Waals surface area contributed by atoms with Crippen LogP contribution in [0.2, 0.25) is 0 Å². The number of methoxy groups -OCH3 is 2. The Morgan fingerprint density at radius 3 is 1.47 bits per heavy atom. The second-order valence-electron chi connectivity index (χ2n) is 3.58. The molecule has 0 radical (unpaired) electrons. The van der Waals surface area contributed by atoms with Crippen molar-refractivity contribution in [2.75, 3.05) is 14.2 Å². The van der Waals surface area contributed by atoms with Crippen LogP contribution in [0.15, 0.2) is 24.3 Å². The third-order valence-electron chi connectivity index (χ3n) is 2.24. The molecule has 0 bridgehead atoms. The largest absolute Gasteiger partial charge is 0.465 e. The molecular formula is C14H18O5. The lowest BCUT2D eigenvalue weighted by atomic mass is 10.1. The predicted molar refractivity (Wildman–Crippen MR) is 70.1 cm³/mol. The maximum Gasteiger partial charge on any atom is 0.338 e. The summed E-state index contributed by atoms with van der Waals surface area (Å²) >= 11 is 0. The lowest BCUT2D eigenvalue weighted by Gasteiger charge is -2.04. The zero-order chi connectivity index (χ0) is 14.8. The molecule has 0 aromatic heterocycles. The summed E-state index contributed by atoms with van der Waals surface area (Å²) < 4.78 is 9.05. The Kier molecular flexibility index (Phi) is 7.84. The molecule has 0 unspecified atom stereocenters. The highest BCUT2D eigenvalue weighted by molar-refractivity contribution is 6.03. The molecule has 0 aliphatic heterocycles. The van der Waals surface area contributed by atoms with E-state index < -0.39 is 11.9 Å². The van der Waals surface area contributed by atoms with Gasteiger partial charge in [-0.1, -0.05) is 19.1 Å². The summed E-state index contributed by atoms with van der Waals surface area (Å²) in [6.45, 7) is 3.43. The molecule has 19 heavy (non-hydrogen) atoms. The first-order valence-corrected chi connectivity index (χ1v) is 5.73. The first-order chi connectivity index (χ1) is 8.97. The van der Waals surface area contributed by atoms with Crippen molar-refractivity contribution in [3.63, 3.8) is 0 Å². The molecule has 0 aliphatic carbocycles. The van der Waals surface area contributed by atoms with Crippen LogP contribution in [0.3, 0.4) is 0 Å². The topological polar surface area (TPSA) is 69.7 Å². The summed E-state index contributed by atoms with van der Waals surface area (Å²) in [7, 11) is 2.52. The van der Waals surface area contributed by atoms with Gasteiger partial charge in [-0.2, -0.15) is 0 Å². The summed E-state index contributed by atoms with van der Waals surface area (Å²) in [6.07, 6.45) is 0.667. The number of hydrogen-bond donors (Lipinski definition) is 0. The summed E-state index contributed by atoms with van der Waals surface area (Å²) in [5.41, 5.74) is 0.420. The van der Waals surface area contributed by atoms with E-state index in [1.807, 2.05) is 6.92 Å². The average molecular weight is 266 g/mol. The van der Waals surface area contributed by atoms with Gasteiger partial charge in [0.05, 0.1) is 25.3 Å². The summed E-state index contributed by atoms with van der Waals surface area (Å²) in [4.78, 5) is 32.3. The van der Waals surface area contributed by atoms with E-state index >= 15 is 0 Å². The fraction of sp³-hybridized carbons (Fsp3) is 0.357. The molecule has 0 saturated heterocycles. The van der Waals surface area contributed by atoms with E-state index in [9.17, 15) is 14.4 Å². The van der Waals surface area contributed by atoms with Gasteiger partial charge >= 0.3 is 11.9 Å². The Bertz CT molecular complexity index is 416. The fourth-order valence-corrected chi connectivity index (χ4v) is 1.06. The van der Waals surface area contributed by atoms with E-state index in [4.69, 9.17) is 0 Å². The molecular weight excluding hydrogens is 248 g/mol. The maximum atomic E-state index is 11.2. The lowest BCUT2D eigenvalue weighted by molar-refractivity contribution is -0.116. The van der Waals surface area contributed by atoms with E-state index in [-0.39, 0.29) is 16.9 Å². The van der Waals surface area contributed by atoms with E-state index in [0.29, 0.717) is 6.42 Å². The minimum absolute atomic E-state index is 0.210. The van der Waals surface area contributed by atoms with Gasteiger partial charge in [-0.05, 0) is 19.1 Å². The predicted octanol–water partition coefficient (Wildman–Crippen LogP) is 2.25. The third kappa shape index (κ3) is 5.81. The number of Topliss-reactive ketones (excluding diaryl/α,β-unsaturated/α-hetero) is 1. The van der Waals surface area contributed by atoms with Crippen LogP contribution in [0.5, 0.6) is 0 Å². The van der Waals surface area contributed by atoms with Gasteiger partial charge in [-0.3, -0.25) is 0 Å². The number of carbonyl (C=O) groups excluding carboxylic acids is 3. The first kappa shape index (κ1) is 16.8. The average Bonchev–Trinajstić information content (AvgIpc) is 2.46. The number of hydrogen-bond acceptors (Lipinski definition) is 5. The van der Waals surface area contributed by atoms with Gasteiger partial charge in [-0.25, -0.2) is 9.59 Å². The van der Waals surface area contributed by atoms with Crippen LogP contribution >= 0.6 is 0 Å². The summed E-state index contributed by atoms with van der Waals surface area (Å²) in [6, 6.07) is 6.33. The van der Waals surface area contributed by atoms with Crippen molar-refractivity contribution in [3.8, 4) is 0 Å². The smallest absolute Gasteiger partial charge is 0.338 e. The van der Waals surface area contributed by atoms with Gasteiger partial charge in [0.2, 0.25) is 0 Å². The van der Waals surface area contributed by atoms with Crippen molar-refractivity contribution in [1.29, 1.82) is 0 Å². The molecule has 0 spiro atoms. The zero-order valence-corrected chi connectivity index (χ0v) is 11.6. The minimum atomic E-state index is -0.550. The SMILES string of the molecule is CCC(C)=O.COC(=O)c1ccccc1C(=O)OC. The van der Waals surface area contributed by atoms with Gasteiger partial charge < -0.3 is 14.3 Å². The molecule has 0 amide bonds. The van der Waals surface area contributed by atoms with Crippen LogP contribution in [0.1, 0.15) is 41.0 Å². The van der Waals surface area contributed by atoms with Crippen LogP contribution in [-0.2, 0) is 14.3 Å². The quantitative estimate of drug-likeness (QED) is 0.785. The number of benzene rings is 1. The van der Waals surface area contributed by atoms with Crippen LogP contribution in [0.4, 0.5) is 0 Å². The molecule has 1 rings (SSSR count). The number of esters is 2.